The molecule has 0 amide bonds. The van der Waals surface area contributed by atoms with Gasteiger partial charge in [0, 0.05) is 65.1 Å². The van der Waals surface area contributed by atoms with Crippen LogP contribution in [0.1, 0.15) is 25.0 Å². The number of fused-ring (bicyclic) bond motifs is 9. The fourth-order valence-corrected chi connectivity index (χ4v) is 10.1. The Morgan fingerprint density at radius 3 is 1.91 bits per heavy atom. The monoisotopic (exact) mass is 709 g/mol. The summed E-state index contributed by atoms with van der Waals surface area (Å²) in [6.07, 6.45) is 0. The highest BCUT2D eigenvalue weighted by Crippen LogP contribution is 2.51. The molecule has 0 N–H and O–H groups in total. The smallest absolute Gasteiger partial charge is 0.137 e. The van der Waals surface area contributed by atoms with Crippen LogP contribution in [-0.2, 0) is 5.41 Å². The maximum Gasteiger partial charge on any atom is 0.137 e. The van der Waals surface area contributed by atoms with E-state index in [1.54, 1.807) is 0 Å². The van der Waals surface area contributed by atoms with Crippen molar-refractivity contribution in [2.45, 2.75) is 19.3 Å². The second-order valence-corrected chi connectivity index (χ2v) is 15.9. The summed E-state index contributed by atoms with van der Waals surface area (Å²) in [7, 11) is 0. The summed E-state index contributed by atoms with van der Waals surface area (Å²) in [6, 6.07) is 64.1. The lowest BCUT2D eigenvalue weighted by Gasteiger charge is -2.28. The quantitative estimate of drug-likeness (QED) is 0.177. The second-order valence-electron chi connectivity index (χ2n) is 14.9. The first-order valence-electron chi connectivity index (χ1n) is 18.6. The highest BCUT2D eigenvalue weighted by molar-refractivity contribution is 7.26. The van der Waals surface area contributed by atoms with E-state index in [-0.39, 0.29) is 5.41 Å². The van der Waals surface area contributed by atoms with Gasteiger partial charge in [-0.1, -0.05) is 135 Å². The molecule has 0 aliphatic heterocycles. The van der Waals surface area contributed by atoms with Crippen molar-refractivity contribution in [3.05, 3.63) is 187 Å². The lowest BCUT2D eigenvalue weighted by Crippen LogP contribution is -2.16. The lowest BCUT2D eigenvalue weighted by atomic mass is 9.82. The minimum Gasteiger partial charge on any atom is -0.456 e. The Hall–Kier alpha value is -6.42. The summed E-state index contributed by atoms with van der Waals surface area (Å²) < 4.78 is 9.07. The minimum atomic E-state index is -0.110. The number of rotatable bonds is 5. The van der Waals surface area contributed by atoms with Gasteiger partial charge in [-0.3, -0.25) is 0 Å². The Morgan fingerprint density at radius 2 is 1.04 bits per heavy atom. The number of furan rings is 1. The van der Waals surface area contributed by atoms with E-state index in [9.17, 15) is 0 Å². The molecule has 0 spiro atoms. The first-order valence-corrected chi connectivity index (χ1v) is 19.4. The van der Waals surface area contributed by atoms with Crippen LogP contribution in [0.25, 0.3) is 75.5 Å². The molecular formula is C51H35NOS. The Bertz CT molecular complexity index is 3090. The standard InChI is InChI=1S/C51H35NOS/c1-51(2)45-19-8-5-14-38(45)39-28-26-34(30-46(39)51)52(35-27-29-41-40-15-6-9-20-47(40)53-48(41)31-35)33-24-22-32(23-25-33)36-12-3-4-13-37(36)43-17-11-18-44-42-16-7-10-21-49(42)54-50(43)44/h3-31H,1-2H3. The van der Waals surface area contributed by atoms with E-state index >= 15 is 0 Å². The Labute approximate surface area is 318 Å². The molecule has 54 heavy (non-hydrogen) atoms. The number of hydrogen-bond donors (Lipinski definition) is 0. The van der Waals surface area contributed by atoms with Gasteiger partial charge in [0.1, 0.15) is 11.2 Å². The molecule has 1 aliphatic carbocycles. The number of thiophene rings is 1. The van der Waals surface area contributed by atoms with E-state index in [0.717, 1.165) is 39.0 Å². The van der Waals surface area contributed by atoms with Gasteiger partial charge in [0.15, 0.2) is 0 Å². The van der Waals surface area contributed by atoms with Gasteiger partial charge in [0.2, 0.25) is 0 Å². The van der Waals surface area contributed by atoms with Gasteiger partial charge in [-0.05, 0) is 87.5 Å². The predicted octanol–water partition coefficient (Wildman–Crippen LogP) is 15.1. The number of para-hydroxylation sites is 1. The molecule has 11 rings (SSSR count). The summed E-state index contributed by atoms with van der Waals surface area (Å²) in [6.45, 7) is 4.69. The van der Waals surface area contributed by atoms with Gasteiger partial charge >= 0.3 is 0 Å². The number of benzene rings is 8. The zero-order valence-electron chi connectivity index (χ0n) is 30.0. The van der Waals surface area contributed by atoms with Crippen LogP contribution >= 0.6 is 11.3 Å². The van der Waals surface area contributed by atoms with Crippen molar-refractivity contribution < 1.29 is 4.42 Å². The van der Waals surface area contributed by atoms with Crippen molar-refractivity contribution in [1.29, 1.82) is 0 Å². The summed E-state index contributed by atoms with van der Waals surface area (Å²) in [5.41, 5.74) is 15.2. The highest BCUT2D eigenvalue weighted by Gasteiger charge is 2.35. The highest BCUT2D eigenvalue weighted by atomic mass is 32.1. The normalized spacial score (nSPS) is 13.1. The molecule has 8 aromatic carbocycles. The summed E-state index contributed by atoms with van der Waals surface area (Å²) in [5, 5.41) is 4.90. The van der Waals surface area contributed by atoms with E-state index in [4.69, 9.17) is 4.42 Å². The van der Waals surface area contributed by atoms with E-state index in [1.807, 2.05) is 23.5 Å². The molecule has 0 saturated carbocycles. The van der Waals surface area contributed by atoms with Gasteiger partial charge in [0.25, 0.3) is 0 Å². The van der Waals surface area contributed by atoms with E-state index in [2.05, 4.69) is 183 Å². The fourth-order valence-electron chi connectivity index (χ4n) is 8.85. The number of nitrogens with zero attached hydrogens (tertiary/aromatic N) is 1. The molecular weight excluding hydrogens is 675 g/mol. The molecule has 0 fully saturated rings. The Morgan fingerprint density at radius 1 is 0.426 bits per heavy atom. The molecule has 2 aromatic heterocycles. The van der Waals surface area contributed by atoms with Crippen molar-refractivity contribution in [3.8, 4) is 33.4 Å². The third-order valence-electron chi connectivity index (χ3n) is 11.5. The molecule has 10 aromatic rings. The largest absolute Gasteiger partial charge is 0.456 e. The average molecular weight is 710 g/mol. The fraction of sp³-hybridized carbons (Fsp3) is 0.0588. The van der Waals surface area contributed by atoms with Crippen LogP contribution in [0.15, 0.2) is 180 Å². The van der Waals surface area contributed by atoms with Crippen LogP contribution < -0.4 is 4.90 Å². The van der Waals surface area contributed by atoms with Gasteiger partial charge < -0.3 is 9.32 Å². The summed E-state index contributed by atoms with van der Waals surface area (Å²) in [4.78, 5) is 2.37. The first kappa shape index (κ1) is 31.1. The molecule has 2 heterocycles. The Balaban J connectivity index is 1.05. The van der Waals surface area contributed by atoms with Crippen molar-refractivity contribution in [1.82, 2.24) is 0 Å². The van der Waals surface area contributed by atoms with E-state index in [0.29, 0.717) is 0 Å². The molecule has 256 valence electrons. The number of anilines is 3. The molecule has 0 bridgehead atoms. The molecule has 0 radical (unpaired) electrons. The van der Waals surface area contributed by atoms with E-state index in [1.165, 1.54) is 64.7 Å². The van der Waals surface area contributed by atoms with Crippen LogP contribution in [0.3, 0.4) is 0 Å². The second kappa shape index (κ2) is 11.8. The van der Waals surface area contributed by atoms with Crippen LogP contribution in [0, 0.1) is 0 Å². The van der Waals surface area contributed by atoms with Gasteiger partial charge in [-0.2, -0.15) is 0 Å². The molecule has 2 nitrogen and oxygen atoms in total. The summed E-state index contributed by atoms with van der Waals surface area (Å²) in [5.74, 6) is 0. The third kappa shape index (κ3) is 4.65. The van der Waals surface area contributed by atoms with Gasteiger partial charge in [0.05, 0.1) is 0 Å². The van der Waals surface area contributed by atoms with Crippen molar-refractivity contribution in [3.63, 3.8) is 0 Å². The van der Waals surface area contributed by atoms with Crippen LogP contribution in [0.2, 0.25) is 0 Å². The minimum absolute atomic E-state index is 0.110. The van der Waals surface area contributed by atoms with Crippen molar-refractivity contribution >= 4 is 70.5 Å². The average Bonchev–Trinajstić information content (AvgIpc) is 3.86. The van der Waals surface area contributed by atoms with Crippen LogP contribution in [0.5, 0.6) is 0 Å². The van der Waals surface area contributed by atoms with Gasteiger partial charge in [-0.25, -0.2) is 0 Å². The predicted molar refractivity (Wildman–Crippen MR) is 230 cm³/mol. The molecule has 0 saturated heterocycles. The van der Waals surface area contributed by atoms with Crippen molar-refractivity contribution in [2.75, 3.05) is 4.90 Å². The zero-order chi connectivity index (χ0) is 36.0. The van der Waals surface area contributed by atoms with Crippen molar-refractivity contribution in [2.24, 2.45) is 0 Å². The SMILES string of the molecule is CC1(C)c2ccccc2-c2ccc(N(c3ccc(-c4ccccc4-c4cccc5c4sc4ccccc45)cc3)c3ccc4c(c3)oc3ccccc34)cc21. The molecule has 0 atom stereocenters. The topological polar surface area (TPSA) is 16.4 Å². The lowest BCUT2D eigenvalue weighted by molar-refractivity contribution is 0.660. The maximum absolute atomic E-state index is 6.42. The molecule has 3 heteroatoms. The van der Waals surface area contributed by atoms with Gasteiger partial charge in [-0.15, -0.1) is 11.3 Å². The zero-order valence-corrected chi connectivity index (χ0v) is 30.8. The first-order chi connectivity index (χ1) is 26.5. The molecule has 1 aliphatic rings. The molecule has 0 unspecified atom stereocenters. The Kier molecular flexibility index (Phi) is 6.80. The van der Waals surface area contributed by atoms with Crippen LogP contribution in [-0.4, -0.2) is 0 Å². The maximum atomic E-state index is 6.42. The van der Waals surface area contributed by atoms with Crippen LogP contribution in [0.4, 0.5) is 17.1 Å². The third-order valence-corrected chi connectivity index (χ3v) is 12.7. The summed E-state index contributed by atoms with van der Waals surface area (Å²) >= 11 is 1.88. The number of hydrogen-bond acceptors (Lipinski definition) is 3. The van der Waals surface area contributed by atoms with E-state index < -0.39 is 0 Å².